The van der Waals surface area contributed by atoms with Gasteiger partial charge in [-0.25, -0.2) is 0 Å². The highest BCUT2D eigenvalue weighted by Crippen LogP contribution is 2.66. The number of hydrogen-bond donors (Lipinski definition) is 3. The van der Waals surface area contributed by atoms with Gasteiger partial charge in [-0.2, -0.15) is 0 Å². The Morgan fingerprint density at radius 2 is 1.87 bits per heavy atom. The Balaban J connectivity index is 1.54. The van der Waals surface area contributed by atoms with Gasteiger partial charge in [0.1, 0.15) is 5.60 Å². The van der Waals surface area contributed by atoms with Crippen LogP contribution in [0.2, 0.25) is 0 Å². The van der Waals surface area contributed by atoms with E-state index in [4.69, 9.17) is 0 Å². The van der Waals surface area contributed by atoms with Crippen LogP contribution in [0.4, 0.5) is 0 Å². The van der Waals surface area contributed by atoms with E-state index in [1.807, 2.05) is 0 Å². The highest BCUT2D eigenvalue weighted by Gasteiger charge is 2.58. The summed E-state index contributed by atoms with van der Waals surface area (Å²) in [6.45, 7) is 10.2. The van der Waals surface area contributed by atoms with Crippen molar-refractivity contribution in [1.82, 2.24) is 0 Å². The Kier molecular flexibility index (Phi) is 5.85. The van der Waals surface area contributed by atoms with Gasteiger partial charge in [0.25, 0.3) is 0 Å². The van der Waals surface area contributed by atoms with E-state index in [1.165, 1.54) is 24.0 Å². The summed E-state index contributed by atoms with van der Waals surface area (Å²) in [5.74, 6) is 1.90. The van der Waals surface area contributed by atoms with Crippen molar-refractivity contribution < 1.29 is 20.1 Å². The Hall–Kier alpha value is -0.970. The molecule has 0 amide bonds. The first-order valence-corrected chi connectivity index (χ1v) is 12.4. The number of ketones is 1. The molecule has 2 unspecified atom stereocenters. The van der Waals surface area contributed by atoms with Gasteiger partial charge in [0, 0.05) is 18.3 Å². The summed E-state index contributed by atoms with van der Waals surface area (Å²) in [5.41, 5.74) is 1.51. The fourth-order valence-electron chi connectivity index (χ4n) is 7.89. The van der Waals surface area contributed by atoms with Crippen LogP contribution < -0.4 is 0 Å². The lowest BCUT2D eigenvalue weighted by Crippen LogP contribution is -2.52. The fraction of sp³-hybridized carbons (Fsp3) is 0.815. The summed E-state index contributed by atoms with van der Waals surface area (Å²) >= 11 is 0. The lowest BCUT2D eigenvalue weighted by Gasteiger charge is -2.56. The van der Waals surface area contributed by atoms with Crippen LogP contribution in [-0.4, -0.2) is 38.9 Å². The zero-order valence-electron chi connectivity index (χ0n) is 20.0. The van der Waals surface area contributed by atoms with E-state index in [1.54, 1.807) is 13.8 Å². The van der Waals surface area contributed by atoms with Crippen molar-refractivity contribution in [2.45, 2.75) is 104 Å². The second-order valence-electron chi connectivity index (χ2n) is 12.1. The molecule has 31 heavy (non-hydrogen) atoms. The second kappa shape index (κ2) is 7.81. The van der Waals surface area contributed by atoms with Crippen molar-refractivity contribution in [2.75, 3.05) is 0 Å². The summed E-state index contributed by atoms with van der Waals surface area (Å²) in [6, 6.07) is 0. The highest BCUT2D eigenvalue weighted by molar-refractivity contribution is 5.86. The molecule has 0 spiro atoms. The smallest absolute Gasteiger partial charge is 0.163 e. The summed E-state index contributed by atoms with van der Waals surface area (Å²) in [6.07, 6.45) is 10.7. The van der Waals surface area contributed by atoms with Crippen LogP contribution in [0.3, 0.4) is 0 Å². The fourth-order valence-corrected chi connectivity index (χ4v) is 7.89. The Morgan fingerprint density at radius 1 is 1.16 bits per heavy atom. The van der Waals surface area contributed by atoms with E-state index in [0.29, 0.717) is 42.9 Å². The van der Waals surface area contributed by atoms with E-state index in [9.17, 15) is 20.1 Å². The molecule has 3 saturated carbocycles. The monoisotopic (exact) mass is 430 g/mol. The van der Waals surface area contributed by atoms with Gasteiger partial charge in [0.2, 0.25) is 0 Å². The largest absolute Gasteiger partial charge is 0.393 e. The summed E-state index contributed by atoms with van der Waals surface area (Å²) < 4.78 is 0. The molecule has 3 N–H and O–H groups in total. The van der Waals surface area contributed by atoms with E-state index in [-0.39, 0.29) is 16.6 Å². The molecular weight excluding hydrogens is 388 g/mol. The quantitative estimate of drug-likeness (QED) is 0.597. The highest BCUT2D eigenvalue weighted by atomic mass is 16.3. The van der Waals surface area contributed by atoms with Gasteiger partial charge in [-0.15, -0.1) is 0 Å². The number of hydrogen-bond acceptors (Lipinski definition) is 4. The molecule has 0 saturated heterocycles. The summed E-state index contributed by atoms with van der Waals surface area (Å²) in [7, 11) is 0. The molecule has 0 aromatic carbocycles. The van der Waals surface area contributed by atoms with Crippen molar-refractivity contribution in [3.8, 4) is 0 Å². The minimum Gasteiger partial charge on any atom is -0.393 e. The molecule has 3 fully saturated rings. The number of carbonyl (C=O) groups excluding carboxylic acids is 1. The number of Topliss-reactive ketones (excluding diaryl/α,β-unsaturated/α-hetero) is 1. The number of rotatable bonds is 5. The lowest BCUT2D eigenvalue weighted by atomic mass is 9.49. The minimum absolute atomic E-state index is 0.0585. The van der Waals surface area contributed by atoms with Gasteiger partial charge in [-0.1, -0.05) is 44.1 Å². The summed E-state index contributed by atoms with van der Waals surface area (Å²) in [5, 5.41) is 31.2. The van der Waals surface area contributed by atoms with Gasteiger partial charge >= 0.3 is 0 Å². The van der Waals surface area contributed by atoms with Gasteiger partial charge in [0.05, 0.1) is 12.2 Å². The third-order valence-corrected chi connectivity index (χ3v) is 9.92. The van der Waals surface area contributed by atoms with Gasteiger partial charge < -0.3 is 15.3 Å². The summed E-state index contributed by atoms with van der Waals surface area (Å²) in [4.78, 5) is 12.3. The maximum Gasteiger partial charge on any atom is 0.163 e. The second-order valence-corrected chi connectivity index (χ2v) is 12.1. The van der Waals surface area contributed by atoms with Gasteiger partial charge in [-0.3, -0.25) is 4.79 Å². The first kappa shape index (κ1) is 23.2. The molecule has 4 heteroatoms. The Bertz CT molecular complexity index is 790. The molecule has 0 aromatic rings. The normalized spacial score (nSPS) is 43.3. The number of carbonyl (C=O) groups is 1. The Morgan fingerprint density at radius 3 is 2.55 bits per heavy atom. The topological polar surface area (TPSA) is 77.8 Å². The molecule has 0 heterocycles. The number of aliphatic hydroxyl groups is 3. The van der Waals surface area contributed by atoms with Crippen molar-refractivity contribution >= 4 is 5.78 Å². The van der Waals surface area contributed by atoms with Crippen LogP contribution in [0.25, 0.3) is 0 Å². The van der Waals surface area contributed by atoms with Gasteiger partial charge in [0.15, 0.2) is 5.78 Å². The van der Waals surface area contributed by atoms with Crippen LogP contribution in [-0.2, 0) is 4.79 Å². The molecule has 0 aromatic heterocycles. The predicted molar refractivity (Wildman–Crippen MR) is 122 cm³/mol. The standard InChI is InChI=1S/C27H42O4/c1-16(6-11-23(29)25(2,3)31)20-9-10-21-19-8-7-17-14-18(28)15-24(30)27(17,5)22(19)12-13-26(20,21)4/h7-8,16,18,20-22,24,28,30-31H,6,9-15H2,1-5H3/t16-,18?,20-,21+,22+,24?,26-,27+/m1/s1. The molecule has 174 valence electrons. The molecule has 8 atom stereocenters. The van der Waals surface area contributed by atoms with Crippen molar-refractivity contribution in [1.29, 1.82) is 0 Å². The van der Waals surface area contributed by atoms with E-state index in [0.717, 1.165) is 19.3 Å². The van der Waals surface area contributed by atoms with Crippen molar-refractivity contribution in [3.63, 3.8) is 0 Å². The zero-order valence-corrected chi connectivity index (χ0v) is 20.0. The van der Waals surface area contributed by atoms with Crippen molar-refractivity contribution in [3.05, 3.63) is 23.3 Å². The van der Waals surface area contributed by atoms with Crippen LogP contribution in [0.15, 0.2) is 23.3 Å². The van der Waals surface area contributed by atoms with Gasteiger partial charge in [-0.05, 0) is 81.5 Å². The third kappa shape index (κ3) is 3.67. The molecule has 4 aliphatic carbocycles. The zero-order chi connectivity index (χ0) is 22.8. The average Bonchev–Trinajstić information content (AvgIpc) is 3.03. The Labute approximate surface area is 187 Å². The SMILES string of the molecule is C[C@H](CCC(=O)C(C)(C)O)[C@H]1CC[C@H]2C3=CC=C4CC(O)CC(O)[C@]4(C)[C@H]3CC[C@]12C. The third-order valence-electron chi connectivity index (χ3n) is 9.92. The molecule has 0 bridgehead atoms. The first-order valence-electron chi connectivity index (χ1n) is 12.4. The molecule has 4 aliphatic rings. The maximum absolute atomic E-state index is 12.3. The van der Waals surface area contributed by atoms with Crippen LogP contribution in [0, 0.1) is 34.5 Å². The molecule has 0 radical (unpaired) electrons. The lowest BCUT2D eigenvalue weighted by molar-refractivity contribution is -0.134. The molecular formula is C27H42O4. The molecule has 4 rings (SSSR count). The van der Waals surface area contributed by atoms with E-state index in [2.05, 4.69) is 32.9 Å². The number of fused-ring (bicyclic) bond motifs is 5. The minimum atomic E-state index is -1.24. The molecule has 4 nitrogen and oxygen atoms in total. The predicted octanol–water partition coefficient (Wildman–Crippen LogP) is 4.57. The number of aliphatic hydroxyl groups excluding tert-OH is 2. The van der Waals surface area contributed by atoms with Crippen LogP contribution in [0.5, 0.6) is 0 Å². The number of allylic oxidation sites excluding steroid dienone is 3. The van der Waals surface area contributed by atoms with Crippen molar-refractivity contribution in [2.24, 2.45) is 34.5 Å². The maximum atomic E-state index is 12.3. The van der Waals surface area contributed by atoms with Crippen LogP contribution >= 0.6 is 0 Å². The van der Waals surface area contributed by atoms with E-state index < -0.39 is 17.8 Å². The average molecular weight is 431 g/mol. The van der Waals surface area contributed by atoms with E-state index >= 15 is 0 Å². The molecule has 0 aliphatic heterocycles. The van der Waals surface area contributed by atoms with Crippen LogP contribution in [0.1, 0.15) is 86.0 Å². The first-order chi connectivity index (χ1) is 14.4.